The minimum atomic E-state index is -0.0948. The van der Waals surface area contributed by atoms with E-state index < -0.39 is 0 Å². The molecule has 1 aromatic carbocycles. The predicted octanol–water partition coefficient (Wildman–Crippen LogP) is 3.15. The molecule has 1 heterocycles. The highest BCUT2D eigenvalue weighted by Crippen LogP contribution is 2.36. The van der Waals surface area contributed by atoms with Crippen molar-refractivity contribution < 1.29 is 14.3 Å². The number of halogens is 2. The Labute approximate surface area is 152 Å². The van der Waals surface area contributed by atoms with Crippen LogP contribution in [0.5, 0.6) is 11.5 Å². The van der Waals surface area contributed by atoms with E-state index in [-0.39, 0.29) is 30.4 Å². The van der Waals surface area contributed by atoms with Crippen LogP contribution in [0.25, 0.3) is 0 Å². The summed E-state index contributed by atoms with van der Waals surface area (Å²) in [5.74, 6) is 1.08. The molecule has 2 atom stereocenters. The molecular weight excluding hydrogens is 384 g/mol. The Morgan fingerprint density at radius 3 is 2.83 bits per heavy atom. The highest BCUT2D eigenvalue weighted by Gasteiger charge is 2.24. The molecule has 130 valence electrons. The zero-order valence-electron chi connectivity index (χ0n) is 13.6. The van der Waals surface area contributed by atoms with Gasteiger partial charge in [0.1, 0.15) is 0 Å². The molecule has 5 nitrogen and oxygen atoms in total. The molecule has 0 aliphatic carbocycles. The quantitative estimate of drug-likeness (QED) is 0.787. The van der Waals surface area contributed by atoms with Crippen LogP contribution in [0, 0.1) is 0 Å². The van der Waals surface area contributed by atoms with Crippen molar-refractivity contribution in [2.45, 2.75) is 38.8 Å². The molecule has 0 spiro atoms. The SMILES string of the molecule is CCOc1c(Br)cc(C(=O)NC2CCCNC2C)cc1OC.Cl. The van der Waals surface area contributed by atoms with Crippen LogP contribution in [0.4, 0.5) is 0 Å². The fraction of sp³-hybridized carbons (Fsp3) is 0.562. The van der Waals surface area contributed by atoms with Gasteiger partial charge in [0.25, 0.3) is 5.91 Å². The van der Waals surface area contributed by atoms with Crippen LogP contribution in [0.1, 0.15) is 37.0 Å². The number of amides is 1. The van der Waals surface area contributed by atoms with Crippen LogP contribution in [0.2, 0.25) is 0 Å². The molecule has 7 heteroatoms. The van der Waals surface area contributed by atoms with Gasteiger partial charge in [-0.05, 0) is 61.3 Å². The largest absolute Gasteiger partial charge is 0.493 e. The van der Waals surface area contributed by atoms with Gasteiger partial charge in [-0.25, -0.2) is 0 Å². The van der Waals surface area contributed by atoms with Crippen molar-refractivity contribution in [2.24, 2.45) is 0 Å². The molecule has 0 aromatic heterocycles. The third-order valence-electron chi connectivity index (χ3n) is 3.86. The van der Waals surface area contributed by atoms with E-state index in [0.717, 1.165) is 19.4 Å². The molecule has 0 saturated carbocycles. The Kier molecular flexibility index (Phi) is 8.16. The molecular formula is C16H24BrClN2O3. The van der Waals surface area contributed by atoms with Gasteiger partial charge in [-0.15, -0.1) is 12.4 Å². The summed E-state index contributed by atoms with van der Waals surface area (Å²) in [5, 5.41) is 6.48. The lowest BCUT2D eigenvalue weighted by molar-refractivity contribution is 0.0919. The summed E-state index contributed by atoms with van der Waals surface area (Å²) in [6.07, 6.45) is 2.07. The van der Waals surface area contributed by atoms with Crippen LogP contribution >= 0.6 is 28.3 Å². The Morgan fingerprint density at radius 1 is 1.48 bits per heavy atom. The van der Waals surface area contributed by atoms with Crippen molar-refractivity contribution in [1.82, 2.24) is 10.6 Å². The topological polar surface area (TPSA) is 59.6 Å². The summed E-state index contributed by atoms with van der Waals surface area (Å²) in [6, 6.07) is 3.92. The van der Waals surface area contributed by atoms with Gasteiger partial charge in [0, 0.05) is 17.6 Å². The maximum atomic E-state index is 12.5. The standard InChI is InChI=1S/C16H23BrN2O3.ClH/c1-4-22-15-12(17)8-11(9-14(15)21-3)16(20)19-13-6-5-7-18-10(13)2;/h8-10,13,18H,4-7H2,1-3H3,(H,19,20);1H. The smallest absolute Gasteiger partial charge is 0.251 e. The summed E-state index contributed by atoms with van der Waals surface area (Å²) in [5.41, 5.74) is 0.560. The molecule has 1 amide bonds. The lowest BCUT2D eigenvalue weighted by Gasteiger charge is -2.30. The van der Waals surface area contributed by atoms with Crippen molar-refractivity contribution in [3.05, 3.63) is 22.2 Å². The zero-order valence-corrected chi connectivity index (χ0v) is 16.1. The van der Waals surface area contributed by atoms with Crippen LogP contribution in [-0.2, 0) is 0 Å². The molecule has 1 saturated heterocycles. The summed E-state index contributed by atoms with van der Waals surface area (Å²) in [7, 11) is 1.57. The first-order valence-electron chi connectivity index (χ1n) is 7.61. The van der Waals surface area contributed by atoms with E-state index in [1.54, 1.807) is 19.2 Å². The first-order chi connectivity index (χ1) is 10.6. The zero-order chi connectivity index (χ0) is 16.1. The van der Waals surface area contributed by atoms with Crippen molar-refractivity contribution in [2.75, 3.05) is 20.3 Å². The van der Waals surface area contributed by atoms with Gasteiger partial charge < -0.3 is 20.1 Å². The average Bonchev–Trinajstić information content (AvgIpc) is 2.51. The first-order valence-corrected chi connectivity index (χ1v) is 8.40. The van der Waals surface area contributed by atoms with Crippen molar-refractivity contribution in [1.29, 1.82) is 0 Å². The molecule has 1 aromatic rings. The van der Waals surface area contributed by atoms with Gasteiger partial charge in [0.05, 0.1) is 18.2 Å². The monoisotopic (exact) mass is 406 g/mol. The van der Waals surface area contributed by atoms with E-state index in [9.17, 15) is 4.79 Å². The van der Waals surface area contributed by atoms with Crippen molar-refractivity contribution >= 4 is 34.2 Å². The van der Waals surface area contributed by atoms with Gasteiger partial charge in [-0.2, -0.15) is 0 Å². The van der Waals surface area contributed by atoms with E-state index in [1.165, 1.54) is 0 Å². The number of carbonyl (C=O) groups is 1. The minimum Gasteiger partial charge on any atom is -0.493 e. The number of hydrogen-bond donors (Lipinski definition) is 2. The van der Waals surface area contributed by atoms with E-state index in [1.807, 2.05) is 6.92 Å². The number of benzene rings is 1. The fourth-order valence-corrected chi connectivity index (χ4v) is 3.18. The number of piperidine rings is 1. The second kappa shape index (κ2) is 9.35. The highest BCUT2D eigenvalue weighted by molar-refractivity contribution is 9.10. The first kappa shape index (κ1) is 20.1. The number of hydrogen-bond acceptors (Lipinski definition) is 4. The molecule has 2 rings (SSSR count). The Bertz CT molecular complexity index is 542. The van der Waals surface area contributed by atoms with Crippen molar-refractivity contribution in [3.8, 4) is 11.5 Å². The van der Waals surface area contributed by atoms with Crippen LogP contribution in [0.15, 0.2) is 16.6 Å². The summed E-state index contributed by atoms with van der Waals surface area (Å²) < 4.78 is 11.6. The van der Waals surface area contributed by atoms with Crippen LogP contribution in [0.3, 0.4) is 0 Å². The second-order valence-corrected chi connectivity index (χ2v) is 6.24. The number of methoxy groups -OCH3 is 1. The van der Waals surface area contributed by atoms with E-state index in [4.69, 9.17) is 9.47 Å². The van der Waals surface area contributed by atoms with Crippen LogP contribution in [-0.4, -0.2) is 38.3 Å². The number of nitrogens with one attached hydrogen (secondary N) is 2. The minimum absolute atomic E-state index is 0. The second-order valence-electron chi connectivity index (χ2n) is 5.39. The lowest BCUT2D eigenvalue weighted by atomic mass is 9.99. The normalized spacial score (nSPS) is 20.3. The molecule has 1 fully saturated rings. The third-order valence-corrected chi connectivity index (χ3v) is 4.45. The maximum Gasteiger partial charge on any atom is 0.251 e. The summed E-state index contributed by atoms with van der Waals surface area (Å²) in [6.45, 7) is 5.55. The van der Waals surface area contributed by atoms with E-state index in [2.05, 4.69) is 33.5 Å². The van der Waals surface area contributed by atoms with Gasteiger partial charge in [-0.3, -0.25) is 4.79 Å². The Balaban J connectivity index is 0.00000264. The molecule has 23 heavy (non-hydrogen) atoms. The fourth-order valence-electron chi connectivity index (χ4n) is 2.63. The lowest BCUT2D eigenvalue weighted by Crippen LogP contribution is -2.51. The molecule has 1 aliphatic rings. The van der Waals surface area contributed by atoms with Gasteiger partial charge >= 0.3 is 0 Å². The molecule has 2 N–H and O–H groups in total. The van der Waals surface area contributed by atoms with E-state index >= 15 is 0 Å². The molecule has 2 unspecified atom stereocenters. The van der Waals surface area contributed by atoms with Crippen molar-refractivity contribution in [3.63, 3.8) is 0 Å². The Hall–Kier alpha value is -0.980. The molecule has 0 bridgehead atoms. The molecule has 1 aliphatic heterocycles. The van der Waals surface area contributed by atoms with E-state index in [0.29, 0.717) is 28.1 Å². The maximum absolute atomic E-state index is 12.5. The predicted molar refractivity (Wildman–Crippen MR) is 97.1 cm³/mol. The third kappa shape index (κ3) is 4.99. The number of ether oxygens (including phenoxy) is 2. The highest BCUT2D eigenvalue weighted by atomic mass is 79.9. The van der Waals surface area contributed by atoms with Gasteiger partial charge in [0.15, 0.2) is 11.5 Å². The van der Waals surface area contributed by atoms with Gasteiger partial charge in [0.2, 0.25) is 0 Å². The number of carbonyl (C=O) groups excluding carboxylic acids is 1. The summed E-state index contributed by atoms with van der Waals surface area (Å²) in [4.78, 5) is 12.5. The van der Waals surface area contributed by atoms with Crippen LogP contribution < -0.4 is 20.1 Å². The average molecular weight is 408 g/mol. The number of rotatable bonds is 5. The van der Waals surface area contributed by atoms with Gasteiger partial charge in [-0.1, -0.05) is 0 Å². The molecule has 0 radical (unpaired) electrons. The Morgan fingerprint density at radius 2 is 2.22 bits per heavy atom. The summed E-state index contributed by atoms with van der Waals surface area (Å²) >= 11 is 3.45.